The molecule has 1 amide bonds. The van der Waals surface area contributed by atoms with E-state index in [9.17, 15) is 13.2 Å². The topological polar surface area (TPSA) is 75.7 Å². The summed E-state index contributed by atoms with van der Waals surface area (Å²) < 4.78 is 31.9. The van der Waals surface area contributed by atoms with Crippen LogP contribution in [0.1, 0.15) is 23.2 Å². The maximum atomic E-state index is 13.0. The van der Waals surface area contributed by atoms with Crippen LogP contribution in [0.15, 0.2) is 72.8 Å². The number of piperidine rings is 1. The minimum atomic E-state index is -3.40. The second-order valence-electron chi connectivity index (χ2n) is 8.06. The van der Waals surface area contributed by atoms with Crippen LogP contribution >= 0.6 is 11.6 Å². The summed E-state index contributed by atoms with van der Waals surface area (Å²) in [5, 5.41) is 0.670. The molecular weight excluding hydrogens is 460 g/mol. The summed E-state index contributed by atoms with van der Waals surface area (Å²) in [5.74, 6) is 0.763. The lowest BCUT2D eigenvalue weighted by Gasteiger charge is -2.32. The van der Waals surface area contributed by atoms with Crippen molar-refractivity contribution >= 4 is 33.2 Å². The number of sulfonamides is 1. The third-order valence-electron chi connectivity index (χ3n) is 5.51. The molecule has 1 N–H and O–H groups in total. The number of carbonyl (C=O) groups excluding carboxylic acids is 1. The van der Waals surface area contributed by atoms with Gasteiger partial charge in [-0.1, -0.05) is 41.9 Å². The molecular formula is C25H25ClN2O4S. The molecule has 0 saturated carbocycles. The zero-order chi connectivity index (χ0) is 23.4. The molecule has 1 saturated heterocycles. The number of benzene rings is 3. The van der Waals surface area contributed by atoms with E-state index in [0.29, 0.717) is 29.4 Å². The van der Waals surface area contributed by atoms with Gasteiger partial charge in [0.2, 0.25) is 10.0 Å². The number of para-hydroxylation sites is 1. The van der Waals surface area contributed by atoms with E-state index in [4.69, 9.17) is 16.3 Å². The summed E-state index contributed by atoms with van der Waals surface area (Å²) in [5.41, 5.74) is 2.68. The molecule has 4 rings (SSSR count). The number of halogens is 1. The van der Waals surface area contributed by atoms with Gasteiger partial charge in [-0.3, -0.25) is 9.52 Å². The summed E-state index contributed by atoms with van der Waals surface area (Å²) in [6.45, 7) is 1.25. The fourth-order valence-electron chi connectivity index (χ4n) is 3.88. The number of nitrogens with zero attached hydrogens (tertiary/aromatic N) is 1. The minimum absolute atomic E-state index is 0.0194. The van der Waals surface area contributed by atoms with Crippen LogP contribution in [-0.4, -0.2) is 44.7 Å². The Hall–Kier alpha value is -3.03. The van der Waals surface area contributed by atoms with Gasteiger partial charge in [0.15, 0.2) is 0 Å². The summed E-state index contributed by atoms with van der Waals surface area (Å²) in [4.78, 5) is 14.8. The zero-order valence-corrected chi connectivity index (χ0v) is 19.8. The maximum Gasteiger partial charge on any atom is 0.253 e. The number of amides is 1. The first-order chi connectivity index (χ1) is 15.8. The molecule has 1 aliphatic rings. The molecule has 0 bridgehead atoms. The van der Waals surface area contributed by atoms with Crippen LogP contribution in [0.4, 0.5) is 5.69 Å². The van der Waals surface area contributed by atoms with E-state index < -0.39 is 10.0 Å². The number of carbonyl (C=O) groups is 1. The Bertz CT molecular complexity index is 1220. The number of nitrogens with one attached hydrogen (secondary N) is 1. The van der Waals surface area contributed by atoms with Gasteiger partial charge >= 0.3 is 0 Å². The van der Waals surface area contributed by atoms with Crippen molar-refractivity contribution in [3.05, 3.63) is 83.4 Å². The zero-order valence-electron chi connectivity index (χ0n) is 18.2. The van der Waals surface area contributed by atoms with Crippen molar-refractivity contribution in [1.29, 1.82) is 0 Å². The van der Waals surface area contributed by atoms with Gasteiger partial charge in [-0.2, -0.15) is 0 Å². The number of anilines is 1. The van der Waals surface area contributed by atoms with Crippen LogP contribution < -0.4 is 9.46 Å². The quantitative estimate of drug-likeness (QED) is 0.530. The van der Waals surface area contributed by atoms with Crippen molar-refractivity contribution in [2.75, 3.05) is 24.1 Å². The van der Waals surface area contributed by atoms with Gasteiger partial charge in [0.1, 0.15) is 11.9 Å². The molecule has 0 aromatic heterocycles. The Kier molecular flexibility index (Phi) is 6.91. The highest BCUT2D eigenvalue weighted by atomic mass is 35.5. The van der Waals surface area contributed by atoms with E-state index in [0.717, 1.165) is 36.0 Å². The van der Waals surface area contributed by atoms with Crippen molar-refractivity contribution in [3.8, 4) is 16.9 Å². The van der Waals surface area contributed by atoms with Gasteiger partial charge in [0, 0.05) is 42.1 Å². The first-order valence-electron chi connectivity index (χ1n) is 10.7. The minimum Gasteiger partial charge on any atom is -0.490 e. The van der Waals surface area contributed by atoms with E-state index >= 15 is 0 Å². The number of ether oxygens (including phenoxy) is 1. The smallest absolute Gasteiger partial charge is 0.253 e. The molecule has 0 aliphatic carbocycles. The van der Waals surface area contributed by atoms with E-state index in [1.165, 1.54) is 0 Å². The molecule has 1 aliphatic heterocycles. The highest BCUT2D eigenvalue weighted by Crippen LogP contribution is 2.29. The van der Waals surface area contributed by atoms with Crippen LogP contribution in [0.25, 0.3) is 11.1 Å². The number of likely N-dealkylation sites (tertiary alicyclic amines) is 1. The summed E-state index contributed by atoms with van der Waals surface area (Å²) in [7, 11) is -3.40. The van der Waals surface area contributed by atoms with Crippen LogP contribution in [-0.2, 0) is 10.0 Å². The maximum absolute atomic E-state index is 13.0. The Morgan fingerprint density at radius 1 is 0.970 bits per heavy atom. The molecule has 0 unspecified atom stereocenters. The molecule has 8 heteroatoms. The molecule has 0 spiro atoms. The third kappa shape index (κ3) is 6.06. The molecule has 3 aromatic rings. The van der Waals surface area contributed by atoms with Crippen molar-refractivity contribution in [1.82, 2.24) is 4.90 Å². The highest BCUT2D eigenvalue weighted by molar-refractivity contribution is 7.92. The third-order valence-corrected chi connectivity index (χ3v) is 6.35. The molecule has 6 nitrogen and oxygen atoms in total. The second kappa shape index (κ2) is 9.85. The Balaban J connectivity index is 1.39. The largest absolute Gasteiger partial charge is 0.490 e. The lowest BCUT2D eigenvalue weighted by atomic mass is 10.0. The molecule has 0 atom stereocenters. The van der Waals surface area contributed by atoms with Crippen LogP contribution in [0.2, 0.25) is 5.02 Å². The predicted octanol–water partition coefficient (Wildman–Crippen LogP) is 5.06. The number of hydrogen-bond donors (Lipinski definition) is 1. The average Bonchev–Trinajstić information content (AvgIpc) is 2.80. The van der Waals surface area contributed by atoms with Crippen molar-refractivity contribution < 1.29 is 17.9 Å². The van der Waals surface area contributed by atoms with Crippen LogP contribution in [0, 0.1) is 0 Å². The highest BCUT2D eigenvalue weighted by Gasteiger charge is 2.25. The molecule has 172 valence electrons. The van der Waals surface area contributed by atoms with Crippen molar-refractivity contribution in [2.24, 2.45) is 0 Å². The fraction of sp³-hybridized carbons (Fsp3) is 0.240. The second-order valence-corrected chi connectivity index (χ2v) is 10.2. The average molecular weight is 485 g/mol. The number of hydrogen-bond acceptors (Lipinski definition) is 4. The molecule has 33 heavy (non-hydrogen) atoms. The van der Waals surface area contributed by atoms with E-state index in [1.54, 1.807) is 36.4 Å². The Labute approximate surface area is 199 Å². The summed E-state index contributed by atoms with van der Waals surface area (Å²) in [6, 6.07) is 21.7. The van der Waals surface area contributed by atoms with Gasteiger partial charge in [-0.05, 0) is 48.0 Å². The Morgan fingerprint density at radius 3 is 2.24 bits per heavy atom. The van der Waals surface area contributed by atoms with E-state index in [2.05, 4.69) is 4.72 Å². The Morgan fingerprint density at radius 2 is 1.61 bits per heavy atom. The number of rotatable bonds is 6. The SMILES string of the molecule is CS(=O)(=O)Nc1ccccc1-c1ccc(C(=O)N2CCC(Oc3ccc(Cl)cc3)CC2)cc1. The first kappa shape index (κ1) is 23.1. The fourth-order valence-corrected chi connectivity index (χ4v) is 4.58. The normalized spacial score (nSPS) is 14.7. The van der Waals surface area contributed by atoms with Gasteiger partial charge in [-0.15, -0.1) is 0 Å². The standard InChI is InChI=1S/C25H25ClN2O4S/c1-33(30,31)27-24-5-3-2-4-23(24)18-6-8-19(9-7-18)25(29)28-16-14-22(15-17-28)32-21-12-10-20(26)11-13-21/h2-13,22,27H,14-17H2,1H3. The molecule has 1 fully saturated rings. The van der Waals surface area contributed by atoms with Gasteiger partial charge in [0.05, 0.1) is 11.9 Å². The molecule has 1 heterocycles. The predicted molar refractivity (Wildman–Crippen MR) is 131 cm³/mol. The summed E-state index contributed by atoms with van der Waals surface area (Å²) in [6.07, 6.45) is 2.71. The lowest BCUT2D eigenvalue weighted by molar-refractivity contribution is 0.0595. The van der Waals surface area contributed by atoms with E-state index in [-0.39, 0.29) is 12.0 Å². The monoisotopic (exact) mass is 484 g/mol. The van der Waals surface area contributed by atoms with Crippen LogP contribution in [0.5, 0.6) is 5.75 Å². The lowest BCUT2D eigenvalue weighted by Crippen LogP contribution is -2.41. The summed E-state index contributed by atoms with van der Waals surface area (Å²) >= 11 is 5.92. The van der Waals surface area contributed by atoms with Crippen molar-refractivity contribution in [2.45, 2.75) is 18.9 Å². The molecule has 0 radical (unpaired) electrons. The van der Waals surface area contributed by atoms with Gasteiger partial charge < -0.3 is 9.64 Å². The van der Waals surface area contributed by atoms with Crippen molar-refractivity contribution in [3.63, 3.8) is 0 Å². The molecule has 3 aromatic carbocycles. The van der Waals surface area contributed by atoms with Crippen LogP contribution in [0.3, 0.4) is 0 Å². The van der Waals surface area contributed by atoms with Gasteiger partial charge in [-0.25, -0.2) is 8.42 Å². The van der Waals surface area contributed by atoms with Gasteiger partial charge in [0.25, 0.3) is 5.91 Å². The first-order valence-corrected chi connectivity index (χ1v) is 12.9. The van der Waals surface area contributed by atoms with E-state index in [1.807, 2.05) is 41.3 Å².